The third-order valence-electron chi connectivity index (χ3n) is 4.05. The maximum absolute atomic E-state index is 13.0. The second-order valence-corrected chi connectivity index (χ2v) is 8.03. The molecule has 0 spiro atoms. The number of hydrogen-bond donors (Lipinski definition) is 0. The molecular formula is C22H20Cl2N2O3S. The van der Waals surface area contributed by atoms with Crippen LogP contribution in [-0.4, -0.2) is 42.8 Å². The fourth-order valence-corrected chi connectivity index (χ4v) is 4.32. The Morgan fingerprint density at radius 3 is 2.53 bits per heavy atom. The minimum atomic E-state index is -0.147. The van der Waals surface area contributed by atoms with Crippen LogP contribution in [-0.2, 0) is 9.53 Å². The summed E-state index contributed by atoms with van der Waals surface area (Å²) in [5.41, 5.74) is 1.46. The predicted molar refractivity (Wildman–Crippen MR) is 125 cm³/mol. The molecule has 156 valence electrons. The molecule has 0 N–H and O–H groups in total. The van der Waals surface area contributed by atoms with Crippen molar-refractivity contribution in [3.8, 4) is 5.75 Å². The van der Waals surface area contributed by atoms with Crippen LogP contribution in [0.1, 0.15) is 5.56 Å². The topological polar surface area (TPSA) is 51.1 Å². The van der Waals surface area contributed by atoms with E-state index in [1.165, 1.54) is 11.8 Å². The number of amides is 1. The van der Waals surface area contributed by atoms with Gasteiger partial charge in [0.05, 0.1) is 33.8 Å². The number of carbonyl (C=O) groups excluding carboxylic acids is 1. The van der Waals surface area contributed by atoms with E-state index in [1.807, 2.05) is 30.3 Å². The van der Waals surface area contributed by atoms with E-state index in [4.69, 9.17) is 32.7 Å². The summed E-state index contributed by atoms with van der Waals surface area (Å²) in [7, 11) is 1.60. The molecule has 0 bridgehead atoms. The number of methoxy groups -OCH3 is 1. The van der Waals surface area contributed by atoms with Crippen LogP contribution in [0.2, 0.25) is 10.0 Å². The summed E-state index contributed by atoms with van der Waals surface area (Å²) in [5.74, 6) is 0.241. The first-order valence-corrected chi connectivity index (χ1v) is 10.7. The van der Waals surface area contributed by atoms with Gasteiger partial charge in [0.25, 0.3) is 5.91 Å². The zero-order valence-corrected chi connectivity index (χ0v) is 18.6. The maximum Gasteiger partial charge on any atom is 0.266 e. The average molecular weight is 463 g/mol. The fourth-order valence-electron chi connectivity index (χ4n) is 2.68. The van der Waals surface area contributed by atoms with Crippen LogP contribution in [0.3, 0.4) is 0 Å². The first kappa shape index (κ1) is 22.4. The van der Waals surface area contributed by atoms with Crippen molar-refractivity contribution in [3.63, 3.8) is 0 Å². The minimum Gasteiger partial charge on any atom is -0.486 e. The van der Waals surface area contributed by atoms with Crippen LogP contribution in [0, 0.1) is 0 Å². The molecule has 0 unspecified atom stereocenters. The van der Waals surface area contributed by atoms with Gasteiger partial charge in [-0.3, -0.25) is 9.69 Å². The zero-order chi connectivity index (χ0) is 21.5. The second-order valence-electron chi connectivity index (χ2n) is 6.20. The Morgan fingerprint density at radius 2 is 1.90 bits per heavy atom. The Bertz CT molecular complexity index is 970. The highest BCUT2D eigenvalue weighted by Crippen LogP contribution is 2.38. The van der Waals surface area contributed by atoms with Gasteiger partial charge in [-0.25, -0.2) is 4.99 Å². The molecule has 0 aromatic heterocycles. The van der Waals surface area contributed by atoms with Crippen molar-refractivity contribution in [2.24, 2.45) is 4.99 Å². The second kappa shape index (κ2) is 10.7. The highest BCUT2D eigenvalue weighted by Gasteiger charge is 2.33. The predicted octanol–water partition coefficient (Wildman–Crippen LogP) is 5.81. The number of nitrogens with zero attached hydrogens (tertiary/aromatic N) is 2. The Labute approximate surface area is 190 Å². The highest BCUT2D eigenvalue weighted by molar-refractivity contribution is 8.18. The smallest absolute Gasteiger partial charge is 0.266 e. The number of ether oxygens (including phenoxy) is 2. The molecule has 1 aliphatic rings. The van der Waals surface area contributed by atoms with E-state index in [9.17, 15) is 4.79 Å². The number of halogens is 2. The molecule has 0 atom stereocenters. The summed E-state index contributed by atoms with van der Waals surface area (Å²) >= 11 is 13.9. The molecule has 1 fully saturated rings. The van der Waals surface area contributed by atoms with Crippen LogP contribution >= 0.6 is 35.0 Å². The number of hydrogen-bond acceptors (Lipinski definition) is 5. The van der Waals surface area contributed by atoms with Gasteiger partial charge in [-0.05, 0) is 47.7 Å². The van der Waals surface area contributed by atoms with Crippen LogP contribution in [0.15, 0.2) is 65.0 Å². The number of aliphatic imine (C=N–C) groups is 1. The Morgan fingerprint density at radius 1 is 1.20 bits per heavy atom. The van der Waals surface area contributed by atoms with Gasteiger partial charge < -0.3 is 9.47 Å². The van der Waals surface area contributed by atoms with Gasteiger partial charge in [-0.15, -0.1) is 0 Å². The SMILES string of the molecule is C=CCOc1c(Cl)cc(/C=C2/SC(=Nc3ccccc3)N(CCOC)C2=O)cc1Cl. The molecule has 1 heterocycles. The lowest BCUT2D eigenvalue weighted by molar-refractivity contribution is -0.122. The van der Waals surface area contributed by atoms with Gasteiger partial charge in [0, 0.05) is 7.11 Å². The molecule has 3 rings (SSSR count). The Balaban J connectivity index is 1.92. The van der Waals surface area contributed by atoms with Crippen molar-refractivity contribution in [2.75, 3.05) is 26.9 Å². The third-order valence-corrected chi connectivity index (χ3v) is 5.62. The maximum atomic E-state index is 13.0. The van der Waals surface area contributed by atoms with E-state index < -0.39 is 0 Å². The molecule has 0 saturated carbocycles. The number of rotatable bonds is 8. The molecule has 0 radical (unpaired) electrons. The van der Waals surface area contributed by atoms with Crippen molar-refractivity contribution in [3.05, 3.63) is 75.6 Å². The number of para-hydroxylation sites is 1. The zero-order valence-electron chi connectivity index (χ0n) is 16.3. The average Bonchev–Trinajstić information content (AvgIpc) is 3.01. The lowest BCUT2D eigenvalue weighted by atomic mass is 10.2. The van der Waals surface area contributed by atoms with E-state index in [0.717, 1.165) is 5.69 Å². The molecule has 8 heteroatoms. The van der Waals surface area contributed by atoms with E-state index in [-0.39, 0.29) is 5.91 Å². The van der Waals surface area contributed by atoms with Crippen molar-refractivity contribution >= 4 is 57.8 Å². The van der Waals surface area contributed by atoms with Crippen LogP contribution in [0.5, 0.6) is 5.75 Å². The normalized spacial score (nSPS) is 16.5. The summed E-state index contributed by atoms with van der Waals surface area (Å²) < 4.78 is 10.6. The standard InChI is InChI=1S/C22H20Cl2N2O3S/c1-3-10-29-20-17(23)12-15(13-18(20)24)14-19-21(27)26(9-11-28-2)22(30-19)25-16-7-5-4-6-8-16/h3-8,12-14H,1,9-11H2,2H3/b19-14+,25-22?. The number of benzene rings is 2. The largest absolute Gasteiger partial charge is 0.486 e. The molecule has 2 aromatic carbocycles. The van der Waals surface area contributed by atoms with Gasteiger partial charge >= 0.3 is 0 Å². The van der Waals surface area contributed by atoms with E-state index in [1.54, 1.807) is 36.3 Å². The van der Waals surface area contributed by atoms with Crippen LogP contribution < -0.4 is 4.74 Å². The summed E-state index contributed by atoms with van der Waals surface area (Å²) in [6.45, 7) is 4.71. The molecule has 2 aromatic rings. The first-order chi connectivity index (χ1) is 14.5. The lowest BCUT2D eigenvalue weighted by Crippen LogP contribution is -2.32. The van der Waals surface area contributed by atoms with Gasteiger partial charge in [-0.2, -0.15) is 0 Å². The third kappa shape index (κ3) is 5.46. The van der Waals surface area contributed by atoms with E-state index in [0.29, 0.717) is 51.2 Å². The summed E-state index contributed by atoms with van der Waals surface area (Å²) in [6.07, 6.45) is 3.36. The van der Waals surface area contributed by atoms with Crippen LogP contribution in [0.25, 0.3) is 6.08 Å². The van der Waals surface area contributed by atoms with Crippen molar-refractivity contribution in [1.82, 2.24) is 4.90 Å². The van der Waals surface area contributed by atoms with Gasteiger partial charge in [0.2, 0.25) is 0 Å². The van der Waals surface area contributed by atoms with Crippen molar-refractivity contribution in [1.29, 1.82) is 0 Å². The molecule has 1 amide bonds. The summed E-state index contributed by atoms with van der Waals surface area (Å²) in [5, 5.41) is 1.32. The monoisotopic (exact) mass is 462 g/mol. The van der Waals surface area contributed by atoms with Gasteiger partial charge in [0.15, 0.2) is 10.9 Å². The number of carbonyl (C=O) groups is 1. The highest BCUT2D eigenvalue weighted by atomic mass is 35.5. The molecule has 1 aliphatic heterocycles. The molecule has 30 heavy (non-hydrogen) atoms. The molecule has 1 saturated heterocycles. The van der Waals surface area contributed by atoms with E-state index >= 15 is 0 Å². The quantitative estimate of drug-likeness (QED) is 0.366. The molecule has 5 nitrogen and oxygen atoms in total. The minimum absolute atomic E-state index is 0.147. The van der Waals surface area contributed by atoms with E-state index in [2.05, 4.69) is 11.6 Å². The Kier molecular flexibility index (Phi) is 7.99. The van der Waals surface area contributed by atoms with Crippen molar-refractivity contribution in [2.45, 2.75) is 0 Å². The lowest BCUT2D eigenvalue weighted by Gasteiger charge is -2.14. The van der Waals surface area contributed by atoms with Gasteiger partial charge in [0.1, 0.15) is 6.61 Å². The van der Waals surface area contributed by atoms with Crippen LogP contribution in [0.4, 0.5) is 5.69 Å². The van der Waals surface area contributed by atoms with Gasteiger partial charge in [-0.1, -0.05) is 54.1 Å². The first-order valence-electron chi connectivity index (χ1n) is 9.10. The number of thioether (sulfide) groups is 1. The van der Waals surface area contributed by atoms with Crippen molar-refractivity contribution < 1.29 is 14.3 Å². The molecular weight excluding hydrogens is 443 g/mol. The summed E-state index contributed by atoms with van der Waals surface area (Å²) in [4.78, 5) is 19.7. The number of amidine groups is 1. The fraction of sp³-hybridized carbons (Fsp3) is 0.182. The Hall–Kier alpha value is -2.25. The molecule has 0 aliphatic carbocycles. The summed E-state index contributed by atoms with van der Waals surface area (Å²) in [6, 6.07) is 12.9.